The maximum atomic E-state index is 12.0. The molecule has 1 aromatic carbocycles. The smallest absolute Gasteiger partial charge is 0.252 e. The number of ether oxygens (including phenoxy) is 2. The van der Waals surface area contributed by atoms with Crippen molar-refractivity contribution in [2.24, 2.45) is 0 Å². The number of aliphatic hydroxyl groups is 1. The fraction of sp³-hybridized carbons (Fsp3) is 0.438. The molecule has 0 spiro atoms. The van der Waals surface area contributed by atoms with Gasteiger partial charge >= 0.3 is 0 Å². The lowest BCUT2D eigenvalue weighted by atomic mass is 10.1. The summed E-state index contributed by atoms with van der Waals surface area (Å²) in [5, 5.41) is 11.6. The van der Waals surface area contributed by atoms with Crippen molar-refractivity contribution in [2.45, 2.75) is 19.1 Å². The van der Waals surface area contributed by atoms with Crippen molar-refractivity contribution in [3.63, 3.8) is 0 Å². The van der Waals surface area contributed by atoms with Crippen molar-refractivity contribution in [1.82, 2.24) is 5.32 Å². The Labute approximate surface area is 124 Å². The second-order valence-corrected chi connectivity index (χ2v) is 4.75. The summed E-state index contributed by atoms with van der Waals surface area (Å²) in [5.74, 6) is 5.26. The van der Waals surface area contributed by atoms with Gasteiger partial charge in [0.1, 0.15) is 6.61 Å². The van der Waals surface area contributed by atoms with Gasteiger partial charge in [-0.25, -0.2) is 0 Å². The predicted octanol–water partition coefficient (Wildman–Crippen LogP) is 0.623. The molecule has 21 heavy (non-hydrogen) atoms. The van der Waals surface area contributed by atoms with E-state index in [4.69, 9.17) is 14.6 Å². The number of aliphatic hydroxyl groups excluding tert-OH is 1. The van der Waals surface area contributed by atoms with Gasteiger partial charge in [-0.1, -0.05) is 24.0 Å². The van der Waals surface area contributed by atoms with Gasteiger partial charge in [0.05, 0.1) is 25.9 Å². The van der Waals surface area contributed by atoms with Crippen LogP contribution >= 0.6 is 0 Å². The monoisotopic (exact) mass is 289 g/mol. The van der Waals surface area contributed by atoms with Crippen LogP contribution in [0.2, 0.25) is 0 Å². The number of amides is 1. The Morgan fingerprint density at radius 2 is 2.19 bits per heavy atom. The highest BCUT2D eigenvalue weighted by Crippen LogP contribution is 2.14. The van der Waals surface area contributed by atoms with Crippen LogP contribution in [0.1, 0.15) is 24.1 Å². The van der Waals surface area contributed by atoms with Gasteiger partial charge in [0.2, 0.25) is 0 Å². The SMILES string of the molecule is CC(NC(=O)C1COCCO1)c1ccc(C#CCO)cc1. The van der Waals surface area contributed by atoms with Gasteiger partial charge in [0.15, 0.2) is 6.10 Å². The van der Waals surface area contributed by atoms with Crippen LogP contribution in [0.3, 0.4) is 0 Å². The highest BCUT2D eigenvalue weighted by atomic mass is 16.6. The zero-order valence-corrected chi connectivity index (χ0v) is 12.0. The molecule has 0 aromatic heterocycles. The summed E-state index contributed by atoms with van der Waals surface area (Å²) in [5.41, 5.74) is 1.81. The van der Waals surface area contributed by atoms with Gasteiger partial charge < -0.3 is 19.9 Å². The van der Waals surface area contributed by atoms with Crippen LogP contribution in [-0.4, -0.2) is 43.5 Å². The number of carbonyl (C=O) groups is 1. The topological polar surface area (TPSA) is 67.8 Å². The third kappa shape index (κ3) is 4.57. The van der Waals surface area contributed by atoms with E-state index in [9.17, 15) is 4.79 Å². The summed E-state index contributed by atoms with van der Waals surface area (Å²) < 4.78 is 10.6. The number of hydrogen-bond donors (Lipinski definition) is 2. The van der Waals surface area contributed by atoms with Crippen molar-refractivity contribution in [1.29, 1.82) is 0 Å². The fourth-order valence-electron chi connectivity index (χ4n) is 2.03. The second kappa shape index (κ2) is 7.79. The molecule has 5 nitrogen and oxygen atoms in total. The Kier molecular flexibility index (Phi) is 5.76. The maximum Gasteiger partial charge on any atom is 0.252 e. The van der Waals surface area contributed by atoms with Crippen LogP contribution in [0.4, 0.5) is 0 Å². The third-order valence-electron chi connectivity index (χ3n) is 3.19. The quantitative estimate of drug-likeness (QED) is 0.801. The summed E-state index contributed by atoms with van der Waals surface area (Å²) in [6.07, 6.45) is -0.532. The zero-order chi connectivity index (χ0) is 15.1. The molecule has 1 heterocycles. The lowest BCUT2D eigenvalue weighted by Gasteiger charge is -2.24. The molecule has 1 saturated heterocycles. The van der Waals surface area contributed by atoms with E-state index < -0.39 is 6.10 Å². The minimum absolute atomic E-state index is 0.122. The lowest BCUT2D eigenvalue weighted by Crippen LogP contribution is -2.43. The van der Waals surface area contributed by atoms with Gasteiger partial charge in [-0.3, -0.25) is 4.79 Å². The highest BCUT2D eigenvalue weighted by molar-refractivity contribution is 5.81. The Bertz CT molecular complexity index is 523. The van der Waals surface area contributed by atoms with Gasteiger partial charge in [-0.2, -0.15) is 0 Å². The average molecular weight is 289 g/mol. The second-order valence-electron chi connectivity index (χ2n) is 4.75. The van der Waals surface area contributed by atoms with Gasteiger partial charge in [-0.15, -0.1) is 0 Å². The molecule has 112 valence electrons. The molecule has 1 aliphatic heterocycles. The van der Waals surface area contributed by atoms with Crippen LogP contribution in [0.25, 0.3) is 0 Å². The lowest BCUT2D eigenvalue weighted by molar-refractivity contribution is -0.148. The molecule has 0 aliphatic carbocycles. The molecule has 0 bridgehead atoms. The summed E-state index contributed by atoms with van der Waals surface area (Å²) in [7, 11) is 0. The average Bonchev–Trinajstić information content (AvgIpc) is 2.54. The van der Waals surface area contributed by atoms with Crippen LogP contribution in [-0.2, 0) is 14.3 Å². The summed E-state index contributed by atoms with van der Waals surface area (Å²) in [6.45, 7) is 3.04. The largest absolute Gasteiger partial charge is 0.384 e. The van der Waals surface area contributed by atoms with E-state index >= 15 is 0 Å². The zero-order valence-electron chi connectivity index (χ0n) is 12.0. The Balaban J connectivity index is 1.93. The van der Waals surface area contributed by atoms with E-state index in [1.807, 2.05) is 31.2 Å². The first kappa shape index (κ1) is 15.5. The standard InChI is InChI=1S/C16H19NO4/c1-12(17-16(19)15-11-20-9-10-21-15)14-6-4-13(5-7-14)3-2-8-18/h4-7,12,15,18H,8-11H2,1H3,(H,17,19). The van der Waals surface area contributed by atoms with E-state index in [2.05, 4.69) is 17.2 Å². The van der Waals surface area contributed by atoms with E-state index in [1.165, 1.54) is 0 Å². The van der Waals surface area contributed by atoms with Crippen LogP contribution in [0.5, 0.6) is 0 Å². The predicted molar refractivity (Wildman–Crippen MR) is 77.5 cm³/mol. The molecule has 1 aromatic rings. The molecular weight excluding hydrogens is 270 g/mol. The summed E-state index contributed by atoms with van der Waals surface area (Å²) >= 11 is 0. The maximum absolute atomic E-state index is 12.0. The minimum Gasteiger partial charge on any atom is -0.384 e. The number of benzene rings is 1. The first-order valence-corrected chi connectivity index (χ1v) is 6.90. The van der Waals surface area contributed by atoms with Crippen molar-refractivity contribution in [2.75, 3.05) is 26.4 Å². The van der Waals surface area contributed by atoms with Gasteiger partial charge in [0, 0.05) is 5.56 Å². The number of carbonyl (C=O) groups excluding carboxylic acids is 1. The minimum atomic E-state index is -0.532. The molecule has 1 aliphatic rings. The third-order valence-corrected chi connectivity index (χ3v) is 3.19. The van der Waals surface area contributed by atoms with E-state index in [1.54, 1.807) is 0 Å². The van der Waals surface area contributed by atoms with Crippen LogP contribution < -0.4 is 5.32 Å². The van der Waals surface area contributed by atoms with Gasteiger partial charge in [0.25, 0.3) is 5.91 Å². The number of hydrogen-bond acceptors (Lipinski definition) is 4. The van der Waals surface area contributed by atoms with Crippen molar-refractivity contribution >= 4 is 5.91 Å². The summed E-state index contributed by atoms with van der Waals surface area (Å²) in [4.78, 5) is 12.0. The van der Waals surface area contributed by atoms with E-state index in [0.717, 1.165) is 11.1 Å². The Morgan fingerprint density at radius 1 is 1.43 bits per heavy atom. The van der Waals surface area contributed by atoms with Crippen molar-refractivity contribution in [3.05, 3.63) is 35.4 Å². The molecule has 0 radical (unpaired) electrons. The van der Waals surface area contributed by atoms with Crippen molar-refractivity contribution < 1.29 is 19.4 Å². The molecule has 1 fully saturated rings. The molecule has 2 rings (SSSR count). The van der Waals surface area contributed by atoms with E-state index in [-0.39, 0.29) is 18.6 Å². The summed E-state index contributed by atoms with van der Waals surface area (Å²) in [6, 6.07) is 7.42. The molecule has 5 heteroatoms. The molecule has 1 amide bonds. The Hall–Kier alpha value is -1.87. The van der Waals surface area contributed by atoms with Crippen LogP contribution in [0, 0.1) is 11.8 Å². The van der Waals surface area contributed by atoms with Gasteiger partial charge in [-0.05, 0) is 24.6 Å². The van der Waals surface area contributed by atoms with E-state index in [0.29, 0.717) is 19.8 Å². The number of nitrogens with one attached hydrogen (secondary N) is 1. The molecule has 2 unspecified atom stereocenters. The van der Waals surface area contributed by atoms with Crippen molar-refractivity contribution in [3.8, 4) is 11.8 Å². The molecule has 2 N–H and O–H groups in total. The fourth-order valence-corrected chi connectivity index (χ4v) is 2.03. The molecular formula is C16H19NO4. The van der Waals surface area contributed by atoms with Crippen LogP contribution in [0.15, 0.2) is 24.3 Å². The number of rotatable bonds is 3. The molecule has 0 saturated carbocycles. The first-order chi connectivity index (χ1) is 10.2. The Morgan fingerprint density at radius 3 is 2.81 bits per heavy atom. The molecule has 2 atom stereocenters. The normalized spacial score (nSPS) is 19.2. The first-order valence-electron chi connectivity index (χ1n) is 6.90. The highest BCUT2D eigenvalue weighted by Gasteiger charge is 2.23.